The summed E-state index contributed by atoms with van der Waals surface area (Å²) in [5.41, 5.74) is -2.01. The van der Waals surface area contributed by atoms with Gasteiger partial charge < -0.3 is 29.7 Å². The number of unbranched alkanes of at least 4 members (excludes halogenated alkanes) is 2. The molecule has 10 nitrogen and oxygen atoms in total. The average molecular weight is 667 g/mol. The van der Waals surface area contributed by atoms with Gasteiger partial charge in [0.2, 0.25) is 17.7 Å². The lowest BCUT2D eigenvalue weighted by Gasteiger charge is -2.45. The summed E-state index contributed by atoms with van der Waals surface area (Å²) in [7, 11) is 0. The Bertz CT molecular complexity index is 1160. The van der Waals surface area contributed by atoms with E-state index in [9.17, 15) is 24.3 Å². The van der Waals surface area contributed by atoms with Crippen LogP contribution in [0, 0.1) is 17.3 Å². The van der Waals surface area contributed by atoms with Crippen molar-refractivity contribution in [3.63, 3.8) is 0 Å². The summed E-state index contributed by atoms with van der Waals surface area (Å²) >= 11 is 3.59. The lowest BCUT2D eigenvalue weighted by molar-refractivity contribution is -0.159. The number of halogens is 1. The van der Waals surface area contributed by atoms with Gasteiger partial charge in [-0.15, -0.1) is 0 Å². The molecule has 6 atom stereocenters. The van der Waals surface area contributed by atoms with Crippen LogP contribution in [0.2, 0.25) is 0 Å². The Morgan fingerprint density at radius 3 is 2.47 bits per heavy atom. The van der Waals surface area contributed by atoms with E-state index in [1.54, 1.807) is 11.8 Å². The maximum atomic E-state index is 14.9. The minimum Gasteiger partial charge on any atom is -0.460 e. The van der Waals surface area contributed by atoms with Crippen LogP contribution in [-0.2, 0) is 28.7 Å². The van der Waals surface area contributed by atoms with Crippen molar-refractivity contribution >= 4 is 39.6 Å². The van der Waals surface area contributed by atoms with Gasteiger partial charge in [0.1, 0.15) is 29.8 Å². The number of aliphatic hydroxyl groups excluding tert-OH is 1. The lowest BCUT2D eigenvalue weighted by atomic mass is 9.74. The summed E-state index contributed by atoms with van der Waals surface area (Å²) in [5, 5.41) is 12.1. The number of likely N-dealkylation sites (tertiary alicyclic amines) is 1. The van der Waals surface area contributed by atoms with Crippen LogP contribution in [0.5, 0.6) is 0 Å². The molecule has 0 saturated carbocycles. The number of hydrogen-bond acceptors (Lipinski definition) is 7. The molecule has 0 aromatic heterocycles. The number of carbonyl (C=O) groups excluding carboxylic acids is 4. The molecule has 11 heteroatoms. The first-order chi connectivity index (χ1) is 20.1. The van der Waals surface area contributed by atoms with Gasteiger partial charge in [-0.25, -0.2) is 0 Å². The standard InChI is InChI=1S/C32H48BrN3O7/c1-20-18-34-22(38)13-9-7-11-15-36(31(5,6)19-30(2,3)4)28(40)26-32-17-21(33)25(43-32)23(29(41)42-20)24(32)27(39)35(26)14-10-8-12-16-37/h7,11,17,20,23-26,37H,8-10,12-16,18-19H2,1-6H3,(H,34,38)/b11-7-/t20-,23+,24-,25+,26+,32-/m1/s1. The largest absolute Gasteiger partial charge is 0.460 e. The number of hydrogen-bond donors (Lipinski definition) is 2. The van der Waals surface area contributed by atoms with Crippen molar-refractivity contribution in [1.82, 2.24) is 15.1 Å². The number of nitrogens with zero attached hydrogens (tertiary/aromatic N) is 2. The molecule has 0 radical (unpaired) electrons. The fourth-order valence-corrected chi connectivity index (χ4v) is 8.17. The number of esters is 1. The van der Waals surface area contributed by atoms with Gasteiger partial charge in [0.15, 0.2) is 0 Å². The van der Waals surface area contributed by atoms with Crippen molar-refractivity contribution in [2.24, 2.45) is 17.3 Å². The van der Waals surface area contributed by atoms with Crippen LogP contribution in [0.25, 0.3) is 0 Å². The summed E-state index contributed by atoms with van der Waals surface area (Å²) < 4.78 is 13.0. The third kappa shape index (κ3) is 6.88. The molecule has 2 saturated heterocycles. The highest BCUT2D eigenvalue weighted by atomic mass is 79.9. The van der Waals surface area contributed by atoms with Gasteiger partial charge in [-0.1, -0.05) is 48.9 Å². The summed E-state index contributed by atoms with van der Waals surface area (Å²) in [5.74, 6) is -3.13. The predicted molar refractivity (Wildman–Crippen MR) is 165 cm³/mol. The number of nitrogens with one attached hydrogen (secondary N) is 1. The Kier molecular flexibility index (Phi) is 10.2. The van der Waals surface area contributed by atoms with Gasteiger partial charge in [-0.3, -0.25) is 19.2 Å². The third-order valence-corrected chi connectivity index (χ3v) is 9.53. The molecular weight excluding hydrogens is 618 g/mol. The van der Waals surface area contributed by atoms with E-state index in [-0.39, 0.29) is 42.7 Å². The van der Waals surface area contributed by atoms with Crippen LogP contribution in [-0.4, -0.2) is 94.2 Å². The number of aliphatic hydroxyl groups is 1. The molecule has 1 spiro atoms. The van der Waals surface area contributed by atoms with Crippen LogP contribution >= 0.6 is 15.9 Å². The summed E-state index contributed by atoms with van der Waals surface area (Å²) in [6.45, 7) is 13.0. The van der Waals surface area contributed by atoms with Gasteiger partial charge >= 0.3 is 5.97 Å². The van der Waals surface area contributed by atoms with E-state index in [0.717, 1.165) is 0 Å². The van der Waals surface area contributed by atoms with Crippen LogP contribution in [0.3, 0.4) is 0 Å². The van der Waals surface area contributed by atoms with Crippen molar-refractivity contribution in [3.05, 3.63) is 22.7 Å². The maximum absolute atomic E-state index is 14.9. The summed E-state index contributed by atoms with van der Waals surface area (Å²) in [6.07, 6.45) is 7.65. The first-order valence-electron chi connectivity index (χ1n) is 15.5. The van der Waals surface area contributed by atoms with Gasteiger partial charge in [-0.05, 0) is 64.4 Å². The van der Waals surface area contributed by atoms with Crippen molar-refractivity contribution in [1.29, 1.82) is 0 Å². The second-order valence-corrected chi connectivity index (χ2v) is 15.1. The molecule has 4 rings (SSSR count). The third-order valence-electron chi connectivity index (χ3n) is 8.85. The van der Waals surface area contributed by atoms with E-state index >= 15 is 0 Å². The SMILES string of the molecule is C[C@@H]1CNC(=O)CC/C=C\CN(C(C)(C)CC(C)(C)C)C(=O)[C@@H]2N(CCCCCO)C(=O)[C@H]3[C@H](C(=O)O1)[C@H]1O[C@@]23C=C1Br. The average Bonchev–Trinajstić information content (AvgIpc) is 3.48. The molecule has 5 bridgehead atoms. The van der Waals surface area contributed by atoms with Crippen LogP contribution in [0.4, 0.5) is 0 Å². The van der Waals surface area contributed by atoms with Crippen LogP contribution in [0.1, 0.15) is 80.1 Å². The quantitative estimate of drug-likeness (QED) is 0.242. The molecule has 4 aliphatic heterocycles. The molecule has 4 heterocycles. The topological polar surface area (TPSA) is 125 Å². The van der Waals surface area contributed by atoms with Crippen molar-refractivity contribution in [2.45, 2.75) is 109 Å². The first-order valence-corrected chi connectivity index (χ1v) is 16.3. The van der Waals surface area contributed by atoms with Crippen LogP contribution in [0.15, 0.2) is 22.7 Å². The van der Waals surface area contributed by atoms with E-state index in [0.29, 0.717) is 49.7 Å². The number of allylic oxidation sites excluding steroid dienone is 1. The Morgan fingerprint density at radius 1 is 1.07 bits per heavy atom. The Morgan fingerprint density at radius 2 is 1.79 bits per heavy atom. The molecule has 2 N–H and O–H groups in total. The predicted octanol–water partition coefficient (Wildman–Crippen LogP) is 3.46. The highest BCUT2D eigenvalue weighted by Crippen LogP contribution is 2.59. The van der Waals surface area contributed by atoms with Gasteiger partial charge in [0.25, 0.3) is 0 Å². The van der Waals surface area contributed by atoms with E-state index in [4.69, 9.17) is 9.47 Å². The Labute approximate surface area is 263 Å². The van der Waals surface area contributed by atoms with E-state index < -0.39 is 47.2 Å². The number of carbonyl (C=O) groups is 4. The molecule has 0 aromatic carbocycles. The zero-order valence-electron chi connectivity index (χ0n) is 26.4. The summed E-state index contributed by atoms with van der Waals surface area (Å²) in [6, 6.07) is -0.974. The molecular formula is C32H48BrN3O7. The number of amides is 3. The molecule has 0 unspecified atom stereocenters. The summed E-state index contributed by atoms with van der Waals surface area (Å²) in [4.78, 5) is 58.8. The molecule has 2 fully saturated rings. The molecule has 240 valence electrons. The highest BCUT2D eigenvalue weighted by molar-refractivity contribution is 9.11. The molecule has 3 amide bonds. The minimum atomic E-state index is -1.33. The van der Waals surface area contributed by atoms with Crippen molar-refractivity contribution < 1.29 is 33.8 Å². The first kappa shape index (κ1) is 33.6. The highest BCUT2D eigenvalue weighted by Gasteiger charge is 2.75. The molecule has 0 aromatic rings. The number of fused-ring (bicyclic) bond motifs is 2. The van der Waals surface area contributed by atoms with Crippen molar-refractivity contribution in [3.8, 4) is 0 Å². The number of ether oxygens (including phenoxy) is 2. The van der Waals surface area contributed by atoms with Gasteiger partial charge in [-0.2, -0.15) is 0 Å². The van der Waals surface area contributed by atoms with Gasteiger partial charge in [0.05, 0.1) is 12.5 Å². The lowest BCUT2D eigenvalue weighted by Crippen LogP contribution is -2.60. The monoisotopic (exact) mass is 665 g/mol. The Balaban J connectivity index is 1.82. The van der Waals surface area contributed by atoms with E-state index in [2.05, 4.69) is 42.0 Å². The Hall–Kier alpha value is -2.24. The zero-order chi connectivity index (χ0) is 31.7. The van der Waals surface area contributed by atoms with Gasteiger partial charge in [0, 0.05) is 36.1 Å². The maximum Gasteiger partial charge on any atom is 0.313 e. The second-order valence-electron chi connectivity index (χ2n) is 14.2. The molecule has 4 aliphatic rings. The van der Waals surface area contributed by atoms with E-state index in [1.165, 1.54) is 0 Å². The second kappa shape index (κ2) is 13.0. The fourth-order valence-electron chi connectivity index (χ4n) is 7.43. The van der Waals surface area contributed by atoms with Crippen molar-refractivity contribution in [2.75, 3.05) is 26.2 Å². The number of rotatable bonds is 7. The molecule has 43 heavy (non-hydrogen) atoms. The smallest absolute Gasteiger partial charge is 0.313 e. The van der Waals surface area contributed by atoms with E-state index in [1.807, 2.05) is 37.0 Å². The number of cyclic esters (lactones) is 1. The normalized spacial score (nSPS) is 32.9. The zero-order valence-corrected chi connectivity index (χ0v) is 27.9. The minimum absolute atomic E-state index is 0.0526. The molecule has 0 aliphatic carbocycles. The van der Waals surface area contributed by atoms with Crippen LogP contribution < -0.4 is 5.32 Å². The fraction of sp³-hybridized carbons (Fsp3) is 0.750.